The van der Waals surface area contributed by atoms with E-state index in [-0.39, 0.29) is 29.7 Å². The van der Waals surface area contributed by atoms with Crippen LogP contribution in [0, 0.1) is 11.3 Å². The molecule has 0 aromatic rings. The third-order valence-corrected chi connectivity index (χ3v) is 4.23. The van der Waals surface area contributed by atoms with Gasteiger partial charge in [0, 0.05) is 12.0 Å². The lowest BCUT2D eigenvalue weighted by Crippen LogP contribution is -2.45. The molecule has 0 bridgehead atoms. The van der Waals surface area contributed by atoms with Gasteiger partial charge in [-0.15, -0.1) is 0 Å². The van der Waals surface area contributed by atoms with Gasteiger partial charge in [-0.2, -0.15) is 0 Å². The van der Waals surface area contributed by atoms with Gasteiger partial charge in [-0.3, -0.25) is 9.59 Å². The van der Waals surface area contributed by atoms with E-state index in [1.807, 2.05) is 6.92 Å². The van der Waals surface area contributed by atoms with Crippen LogP contribution >= 0.6 is 0 Å². The first kappa shape index (κ1) is 16.0. The molecule has 0 aromatic heterocycles. The molecule has 0 radical (unpaired) electrons. The highest BCUT2D eigenvalue weighted by Gasteiger charge is 2.37. The maximum atomic E-state index is 12.4. The van der Waals surface area contributed by atoms with Gasteiger partial charge in [0.2, 0.25) is 5.91 Å². The zero-order chi connectivity index (χ0) is 14.5. The highest BCUT2D eigenvalue weighted by Crippen LogP contribution is 2.40. The molecule has 1 rings (SSSR count). The van der Waals surface area contributed by atoms with Crippen molar-refractivity contribution in [1.82, 2.24) is 5.32 Å². The maximum Gasteiger partial charge on any atom is 0.305 e. The summed E-state index contributed by atoms with van der Waals surface area (Å²) < 4.78 is 0. The van der Waals surface area contributed by atoms with E-state index >= 15 is 0 Å². The van der Waals surface area contributed by atoms with Gasteiger partial charge in [-0.25, -0.2) is 0 Å². The minimum Gasteiger partial charge on any atom is -0.481 e. The van der Waals surface area contributed by atoms with Gasteiger partial charge in [-0.05, 0) is 24.7 Å². The number of carbonyl (C=O) groups excluding carboxylic acids is 1. The summed E-state index contributed by atoms with van der Waals surface area (Å²) in [5.74, 6) is -0.777. The summed E-state index contributed by atoms with van der Waals surface area (Å²) in [6, 6.07) is -0.229. The van der Waals surface area contributed by atoms with E-state index < -0.39 is 5.97 Å². The highest BCUT2D eigenvalue weighted by molar-refractivity contribution is 5.80. The predicted octanol–water partition coefficient (Wildman–Crippen LogP) is 2.96. The average Bonchev–Trinajstić information content (AvgIpc) is 2.27. The molecule has 0 spiro atoms. The second kappa shape index (κ2) is 6.92. The van der Waals surface area contributed by atoms with E-state index in [4.69, 9.17) is 5.11 Å². The van der Waals surface area contributed by atoms with Crippen molar-refractivity contribution in [2.75, 3.05) is 0 Å². The van der Waals surface area contributed by atoms with Gasteiger partial charge < -0.3 is 10.4 Å². The predicted molar refractivity (Wildman–Crippen MR) is 74.8 cm³/mol. The Labute approximate surface area is 116 Å². The number of amides is 1. The molecule has 1 aliphatic rings. The Hall–Kier alpha value is -1.06. The summed E-state index contributed by atoms with van der Waals surface area (Å²) in [7, 11) is 0. The fraction of sp³-hybridized carbons (Fsp3) is 0.867. The topological polar surface area (TPSA) is 66.4 Å². The number of nitrogens with one attached hydrogen (secondary N) is 1. The molecule has 2 N–H and O–H groups in total. The third kappa shape index (κ3) is 4.84. The number of hydrogen-bond donors (Lipinski definition) is 2. The van der Waals surface area contributed by atoms with Crippen LogP contribution in [0.3, 0.4) is 0 Å². The van der Waals surface area contributed by atoms with Crippen LogP contribution in [0.5, 0.6) is 0 Å². The lowest BCUT2D eigenvalue weighted by Gasteiger charge is -2.38. The smallest absolute Gasteiger partial charge is 0.305 e. The quantitative estimate of drug-likeness (QED) is 0.779. The standard InChI is InChI=1S/C15H27NO3/c1-4-7-11(10-13(17)18)16-14(19)12-8-5-6-9-15(12,2)3/h11-12H,4-10H2,1-3H3,(H,16,19)(H,17,18). The molecule has 0 heterocycles. The number of carboxylic acids is 1. The van der Waals surface area contributed by atoms with Gasteiger partial charge in [0.05, 0.1) is 6.42 Å². The molecule has 2 unspecified atom stereocenters. The second-order valence-electron chi connectivity index (χ2n) is 6.38. The van der Waals surface area contributed by atoms with E-state index in [0.717, 1.165) is 32.1 Å². The van der Waals surface area contributed by atoms with E-state index in [1.165, 1.54) is 6.42 Å². The molecule has 1 fully saturated rings. The van der Waals surface area contributed by atoms with Crippen LogP contribution in [-0.4, -0.2) is 23.0 Å². The largest absolute Gasteiger partial charge is 0.481 e. The van der Waals surface area contributed by atoms with Crippen molar-refractivity contribution in [3.63, 3.8) is 0 Å². The molecular weight excluding hydrogens is 242 g/mol. The number of carboxylic acid groups (broad SMARTS) is 1. The Bertz CT molecular complexity index is 325. The average molecular weight is 269 g/mol. The zero-order valence-corrected chi connectivity index (χ0v) is 12.4. The summed E-state index contributed by atoms with van der Waals surface area (Å²) in [5, 5.41) is 11.8. The molecule has 1 amide bonds. The molecule has 19 heavy (non-hydrogen) atoms. The Kier molecular flexibility index (Phi) is 5.83. The van der Waals surface area contributed by atoms with Gasteiger partial charge in [-0.1, -0.05) is 40.0 Å². The minimum atomic E-state index is -0.846. The van der Waals surface area contributed by atoms with Crippen molar-refractivity contribution in [3.8, 4) is 0 Å². The van der Waals surface area contributed by atoms with Crippen molar-refractivity contribution in [1.29, 1.82) is 0 Å². The van der Waals surface area contributed by atoms with Crippen molar-refractivity contribution < 1.29 is 14.7 Å². The van der Waals surface area contributed by atoms with Crippen LogP contribution < -0.4 is 5.32 Å². The molecule has 0 aliphatic heterocycles. The molecule has 1 aliphatic carbocycles. The fourth-order valence-corrected chi connectivity index (χ4v) is 3.07. The van der Waals surface area contributed by atoms with Crippen LogP contribution in [0.2, 0.25) is 0 Å². The Balaban J connectivity index is 2.62. The Morgan fingerprint density at radius 2 is 2.05 bits per heavy atom. The first-order valence-corrected chi connectivity index (χ1v) is 7.39. The second-order valence-corrected chi connectivity index (χ2v) is 6.38. The third-order valence-electron chi connectivity index (χ3n) is 4.23. The van der Waals surface area contributed by atoms with E-state index in [0.29, 0.717) is 0 Å². The molecule has 2 atom stereocenters. The number of carbonyl (C=O) groups is 2. The molecule has 4 heteroatoms. The zero-order valence-electron chi connectivity index (χ0n) is 12.4. The van der Waals surface area contributed by atoms with Crippen molar-refractivity contribution in [2.45, 2.75) is 71.8 Å². The molecule has 110 valence electrons. The van der Waals surface area contributed by atoms with E-state index in [2.05, 4.69) is 19.2 Å². The van der Waals surface area contributed by atoms with Gasteiger partial charge in [0.25, 0.3) is 0 Å². The molecular formula is C15H27NO3. The van der Waals surface area contributed by atoms with Crippen LogP contribution in [0.4, 0.5) is 0 Å². The first-order valence-electron chi connectivity index (χ1n) is 7.39. The summed E-state index contributed by atoms with van der Waals surface area (Å²) >= 11 is 0. The SMILES string of the molecule is CCCC(CC(=O)O)NC(=O)C1CCCCC1(C)C. The number of rotatable bonds is 6. The number of aliphatic carboxylic acids is 1. The Morgan fingerprint density at radius 3 is 2.58 bits per heavy atom. The summed E-state index contributed by atoms with van der Waals surface area (Å²) in [6.07, 6.45) is 5.90. The Morgan fingerprint density at radius 1 is 1.37 bits per heavy atom. The summed E-state index contributed by atoms with van der Waals surface area (Å²) in [4.78, 5) is 23.2. The monoisotopic (exact) mass is 269 g/mol. The van der Waals surface area contributed by atoms with Gasteiger partial charge in [0.1, 0.15) is 0 Å². The maximum absolute atomic E-state index is 12.4. The van der Waals surface area contributed by atoms with Gasteiger partial charge in [0.15, 0.2) is 0 Å². The van der Waals surface area contributed by atoms with Crippen LogP contribution in [0.1, 0.15) is 65.7 Å². The lowest BCUT2D eigenvalue weighted by molar-refractivity contribution is -0.138. The fourth-order valence-electron chi connectivity index (χ4n) is 3.07. The summed E-state index contributed by atoms with van der Waals surface area (Å²) in [6.45, 7) is 6.29. The molecule has 0 aromatic carbocycles. The lowest BCUT2D eigenvalue weighted by atomic mass is 9.68. The van der Waals surface area contributed by atoms with Crippen LogP contribution in [0.15, 0.2) is 0 Å². The van der Waals surface area contributed by atoms with Crippen LogP contribution in [-0.2, 0) is 9.59 Å². The normalized spacial score (nSPS) is 23.6. The molecule has 0 saturated heterocycles. The van der Waals surface area contributed by atoms with E-state index in [9.17, 15) is 9.59 Å². The molecule has 4 nitrogen and oxygen atoms in total. The van der Waals surface area contributed by atoms with E-state index in [1.54, 1.807) is 0 Å². The van der Waals surface area contributed by atoms with Gasteiger partial charge >= 0.3 is 5.97 Å². The van der Waals surface area contributed by atoms with Crippen molar-refractivity contribution in [2.24, 2.45) is 11.3 Å². The summed E-state index contributed by atoms with van der Waals surface area (Å²) in [5.41, 5.74) is 0.0301. The van der Waals surface area contributed by atoms with Crippen molar-refractivity contribution >= 4 is 11.9 Å². The van der Waals surface area contributed by atoms with Crippen molar-refractivity contribution in [3.05, 3.63) is 0 Å². The molecule has 1 saturated carbocycles. The minimum absolute atomic E-state index is 0.0206. The number of hydrogen-bond acceptors (Lipinski definition) is 2. The van der Waals surface area contributed by atoms with Crippen LogP contribution in [0.25, 0.3) is 0 Å². The first-order chi connectivity index (χ1) is 8.86. The highest BCUT2D eigenvalue weighted by atomic mass is 16.4.